The zero-order chi connectivity index (χ0) is 19.7. The van der Waals surface area contributed by atoms with Gasteiger partial charge in [-0.05, 0) is 52.7 Å². The lowest BCUT2D eigenvalue weighted by atomic mass is 9.95. The van der Waals surface area contributed by atoms with Crippen molar-refractivity contribution in [1.82, 2.24) is 19.8 Å². The molecular weight excluding hydrogens is 354 g/mol. The molecule has 1 aromatic rings. The average molecular weight is 388 g/mol. The number of carbonyl (C=O) groups excluding carboxylic acids is 1. The van der Waals surface area contributed by atoms with Gasteiger partial charge in [0.15, 0.2) is 0 Å². The van der Waals surface area contributed by atoms with Gasteiger partial charge in [0.05, 0.1) is 17.8 Å². The van der Waals surface area contributed by atoms with Crippen molar-refractivity contribution < 1.29 is 9.53 Å². The lowest BCUT2D eigenvalue weighted by molar-refractivity contribution is -0.129. The number of hydrogen-bond donors (Lipinski definition) is 1. The van der Waals surface area contributed by atoms with E-state index in [1.54, 1.807) is 6.92 Å². The first-order chi connectivity index (χ1) is 13.4. The normalized spacial score (nSPS) is 26.3. The summed E-state index contributed by atoms with van der Waals surface area (Å²) in [5, 5.41) is 3.58. The number of amides is 1. The number of rotatable bonds is 4. The first kappa shape index (κ1) is 19.6. The Bertz CT molecular complexity index is 724. The fraction of sp³-hybridized carbons (Fsp3) is 0.762. The van der Waals surface area contributed by atoms with Crippen molar-refractivity contribution in [3.8, 4) is 0 Å². The maximum atomic E-state index is 11.9. The van der Waals surface area contributed by atoms with Crippen molar-refractivity contribution in [2.45, 2.75) is 64.0 Å². The minimum atomic E-state index is -0.138. The van der Waals surface area contributed by atoms with Gasteiger partial charge in [-0.3, -0.25) is 4.79 Å². The highest BCUT2D eigenvalue weighted by Gasteiger charge is 2.32. The first-order valence-electron chi connectivity index (χ1n) is 10.7. The predicted octanol–water partition coefficient (Wildman–Crippen LogP) is 2.17. The first-order valence-corrected chi connectivity index (χ1v) is 10.7. The van der Waals surface area contributed by atoms with Gasteiger partial charge in [-0.1, -0.05) is 0 Å². The van der Waals surface area contributed by atoms with Crippen LogP contribution in [0.25, 0.3) is 0 Å². The number of aromatic nitrogens is 2. The molecule has 1 unspecified atom stereocenters. The Kier molecular flexibility index (Phi) is 5.56. The topological polar surface area (TPSA) is 70.6 Å². The Morgan fingerprint density at radius 2 is 2.07 bits per heavy atom. The minimum Gasteiger partial charge on any atom is -0.373 e. The van der Waals surface area contributed by atoms with E-state index in [2.05, 4.69) is 24.2 Å². The summed E-state index contributed by atoms with van der Waals surface area (Å²) in [6, 6.07) is 0. The lowest BCUT2D eigenvalue weighted by Gasteiger charge is -2.32. The Morgan fingerprint density at radius 1 is 1.29 bits per heavy atom. The van der Waals surface area contributed by atoms with E-state index in [9.17, 15) is 4.79 Å². The van der Waals surface area contributed by atoms with Crippen LogP contribution in [-0.4, -0.2) is 71.1 Å². The largest absolute Gasteiger partial charge is 0.373 e. The van der Waals surface area contributed by atoms with Crippen LogP contribution in [-0.2, 0) is 22.5 Å². The second-order valence-corrected chi connectivity index (χ2v) is 8.88. The van der Waals surface area contributed by atoms with Gasteiger partial charge in [0.2, 0.25) is 5.91 Å². The van der Waals surface area contributed by atoms with Crippen LogP contribution in [0.5, 0.6) is 0 Å². The highest BCUT2D eigenvalue weighted by atomic mass is 16.5. The number of anilines is 1. The maximum absolute atomic E-state index is 11.9. The summed E-state index contributed by atoms with van der Waals surface area (Å²) < 4.78 is 5.95. The molecule has 2 fully saturated rings. The van der Waals surface area contributed by atoms with Crippen LogP contribution in [0.3, 0.4) is 0 Å². The molecule has 0 aromatic carbocycles. The maximum Gasteiger partial charge on any atom is 0.219 e. The van der Waals surface area contributed by atoms with Crippen LogP contribution in [0, 0.1) is 0 Å². The van der Waals surface area contributed by atoms with Crippen LogP contribution >= 0.6 is 0 Å². The Hall–Kier alpha value is -1.73. The summed E-state index contributed by atoms with van der Waals surface area (Å²) >= 11 is 0. The highest BCUT2D eigenvalue weighted by molar-refractivity contribution is 5.74. The summed E-state index contributed by atoms with van der Waals surface area (Å²) in [6.45, 7) is 8.91. The van der Waals surface area contributed by atoms with Crippen molar-refractivity contribution in [1.29, 1.82) is 0 Å². The monoisotopic (exact) mass is 387 g/mol. The van der Waals surface area contributed by atoms with Gasteiger partial charge in [-0.2, -0.15) is 0 Å². The molecule has 7 heteroatoms. The predicted molar refractivity (Wildman–Crippen MR) is 108 cm³/mol. The van der Waals surface area contributed by atoms with Gasteiger partial charge in [0.25, 0.3) is 0 Å². The molecule has 4 rings (SSSR count). The number of ether oxygens (including phenoxy) is 1. The van der Waals surface area contributed by atoms with Gasteiger partial charge >= 0.3 is 0 Å². The van der Waals surface area contributed by atoms with E-state index in [1.165, 1.54) is 0 Å². The standard InChI is InChI=1S/C21H33N5O2/c1-15(27)26-11-7-18-17(13-26)20(22-14-21(2)8-4-12-28-21)24-19(23-18)16-5-9-25(3)10-6-16/h16H,4-14H2,1-3H3,(H,22,23,24). The van der Waals surface area contributed by atoms with Crippen LogP contribution in [0.4, 0.5) is 5.82 Å². The summed E-state index contributed by atoms with van der Waals surface area (Å²) in [6.07, 6.45) is 5.19. The molecule has 2 saturated heterocycles. The van der Waals surface area contributed by atoms with Crippen molar-refractivity contribution in [3.63, 3.8) is 0 Å². The van der Waals surface area contributed by atoms with Gasteiger partial charge < -0.3 is 19.9 Å². The molecule has 3 aliphatic rings. The fourth-order valence-electron chi connectivity index (χ4n) is 4.54. The van der Waals surface area contributed by atoms with E-state index < -0.39 is 0 Å². The molecule has 0 spiro atoms. The Balaban J connectivity index is 1.60. The van der Waals surface area contributed by atoms with Crippen LogP contribution in [0.1, 0.15) is 62.5 Å². The van der Waals surface area contributed by atoms with E-state index in [4.69, 9.17) is 14.7 Å². The van der Waals surface area contributed by atoms with E-state index >= 15 is 0 Å². The Labute approximate surface area is 167 Å². The number of carbonyl (C=O) groups is 1. The van der Waals surface area contributed by atoms with E-state index in [0.717, 1.165) is 87.8 Å². The molecule has 0 aliphatic carbocycles. The minimum absolute atomic E-state index is 0.113. The lowest BCUT2D eigenvalue weighted by Crippen LogP contribution is -2.37. The van der Waals surface area contributed by atoms with Gasteiger partial charge in [-0.25, -0.2) is 9.97 Å². The number of piperidine rings is 1. The molecule has 1 N–H and O–H groups in total. The van der Waals surface area contributed by atoms with Gasteiger partial charge in [0.1, 0.15) is 11.6 Å². The van der Waals surface area contributed by atoms with E-state index in [-0.39, 0.29) is 11.5 Å². The number of nitrogens with one attached hydrogen (secondary N) is 1. The average Bonchev–Trinajstić information content (AvgIpc) is 3.13. The molecule has 4 heterocycles. The zero-order valence-corrected chi connectivity index (χ0v) is 17.5. The van der Waals surface area contributed by atoms with Crippen molar-refractivity contribution >= 4 is 11.7 Å². The van der Waals surface area contributed by atoms with E-state index in [1.807, 2.05) is 4.90 Å². The molecule has 1 atom stereocenters. The summed E-state index contributed by atoms with van der Waals surface area (Å²) in [5.41, 5.74) is 2.06. The quantitative estimate of drug-likeness (QED) is 0.854. The number of fused-ring (bicyclic) bond motifs is 1. The molecule has 0 saturated carbocycles. The van der Waals surface area contributed by atoms with Crippen LogP contribution < -0.4 is 5.32 Å². The zero-order valence-electron chi connectivity index (χ0n) is 17.5. The van der Waals surface area contributed by atoms with E-state index in [0.29, 0.717) is 12.5 Å². The number of nitrogens with zero attached hydrogens (tertiary/aromatic N) is 4. The third-order valence-corrected chi connectivity index (χ3v) is 6.54. The molecule has 154 valence electrons. The molecule has 1 amide bonds. The van der Waals surface area contributed by atoms with Gasteiger partial charge in [0, 0.05) is 44.5 Å². The number of hydrogen-bond acceptors (Lipinski definition) is 6. The summed E-state index contributed by atoms with van der Waals surface area (Å²) in [7, 11) is 2.18. The fourth-order valence-corrected chi connectivity index (χ4v) is 4.54. The summed E-state index contributed by atoms with van der Waals surface area (Å²) in [5.74, 6) is 2.41. The molecule has 1 aromatic heterocycles. The highest BCUT2D eigenvalue weighted by Crippen LogP contribution is 2.31. The van der Waals surface area contributed by atoms with Crippen molar-refractivity contribution in [3.05, 3.63) is 17.1 Å². The molecule has 7 nitrogen and oxygen atoms in total. The van der Waals surface area contributed by atoms with Crippen LogP contribution in [0.2, 0.25) is 0 Å². The smallest absolute Gasteiger partial charge is 0.219 e. The van der Waals surface area contributed by atoms with Crippen molar-refractivity contribution in [2.24, 2.45) is 0 Å². The van der Waals surface area contributed by atoms with Crippen molar-refractivity contribution in [2.75, 3.05) is 45.2 Å². The molecule has 0 radical (unpaired) electrons. The second kappa shape index (κ2) is 7.95. The summed E-state index contributed by atoms with van der Waals surface area (Å²) in [4.78, 5) is 26.1. The molecular formula is C21H33N5O2. The SMILES string of the molecule is CC(=O)N1CCc2nc(C3CCN(C)CC3)nc(NCC3(C)CCCO3)c2C1. The van der Waals surface area contributed by atoms with Crippen LogP contribution in [0.15, 0.2) is 0 Å². The molecule has 0 bridgehead atoms. The Morgan fingerprint density at radius 3 is 2.75 bits per heavy atom. The third kappa shape index (κ3) is 4.15. The van der Waals surface area contributed by atoms with Gasteiger partial charge in [-0.15, -0.1) is 0 Å². The third-order valence-electron chi connectivity index (χ3n) is 6.54. The second-order valence-electron chi connectivity index (χ2n) is 8.88. The molecule has 3 aliphatic heterocycles. The molecule has 28 heavy (non-hydrogen) atoms. The number of likely N-dealkylation sites (tertiary alicyclic amines) is 1.